The summed E-state index contributed by atoms with van der Waals surface area (Å²) in [4.78, 5) is 12.7. The molecule has 0 radical (unpaired) electrons. The van der Waals surface area contributed by atoms with Gasteiger partial charge in [0.25, 0.3) is 0 Å². The molecule has 5 nitrogen and oxygen atoms in total. The predicted molar refractivity (Wildman–Crippen MR) is 80.7 cm³/mol. The Hall–Kier alpha value is -1.91. The first-order chi connectivity index (χ1) is 9.43. The molecule has 1 aliphatic carbocycles. The molecule has 1 aliphatic rings. The van der Waals surface area contributed by atoms with Crippen molar-refractivity contribution in [3.63, 3.8) is 0 Å². The summed E-state index contributed by atoms with van der Waals surface area (Å²) in [7, 11) is 0. The first-order valence-electron chi connectivity index (χ1n) is 7.07. The number of hydrogen-bond donors (Lipinski definition) is 1. The molecule has 20 heavy (non-hydrogen) atoms. The summed E-state index contributed by atoms with van der Waals surface area (Å²) in [6.45, 7) is 9.17. The van der Waals surface area contributed by atoms with Crippen LogP contribution < -0.4 is 5.73 Å². The zero-order valence-electron chi connectivity index (χ0n) is 12.5. The van der Waals surface area contributed by atoms with Crippen molar-refractivity contribution >= 4 is 22.7 Å². The molecule has 2 heterocycles. The van der Waals surface area contributed by atoms with E-state index < -0.39 is 0 Å². The molecule has 0 fully saturated rings. The number of fused-ring (bicyclic) bond motifs is 1. The van der Waals surface area contributed by atoms with E-state index in [2.05, 4.69) is 53.3 Å². The Morgan fingerprint density at radius 2 is 2.05 bits per heavy atom. The quantitative estimate of drug-likeness (QED) is 0.911. The minimum atomic E-state index is 0.0987. The number of hydrogen-bond acceptors (Lipinski definition) is 4. The average Bonchev–Trinajstić information content (AvgIpc) is 2.90. The first kappa shape index (κ1) is 13.1. The van der Waals surface area contributed by atoms with E-state index in [1.54, 1.807) is 0 Å². The minimum Gasteiger partial charge on any atom is -0.382 e. The van der Waals surface area contributed by atoms with E-state index >= 15 is 0 Å². The molecule has 0 saturated carbocycles. The van der Waals surface area contributed by atoms with E-state index in [9.17, 15) is 0 Å². The highest BCUT2D eigenvalue weighted by Crippen LogP contribution is 2.49. The lowest BCUT2D eigenvalue weighted by Crippen LogP contribution is -2.27. The standard InChI is InChI=1S/C15H21N5/c1-9(2)10-5-6-11(15(10,3)4)20-8-19-12-13(16)17-7-18-14(12)20/h6-10H,5H2,1-4H3,(H2,16,17,18). The maximum Gasteiger partial charge on any atom is 0.169 e. The second-order valence-corrected chi connectivity index (χ2v) is 6.44. The van der Waals surface area contributed by atoms with Crippen LogP contribution in [0.3, 0.4) is 0 Å². The third kappa shape index (κ3) is 1.72. The van der Waals surface area contributed by atoms with Crippen LogP contribution in [-0.2, 0) is 0 Å². The summed E-state index contributed by atoms with van der Waals surface area (Å²) in [5.41, 5.74) is 8.70. The smallest absolute Gasteiger partial charge is 0.169 e. The van der Waals surface area contributed by atoms with Crippen molar-refractivity contribution in [2.24, 2.45) is 17.3 Å². The van der Waals surface area contributed by atoms with E-state index in [0.717, 1.165) is 12.1 Å². The lowest BCUT2D eigenvalue weighted by molar-refractivity contribution is 0.236. The third-order valence-electron chi connectivity index (χ3n) is 4.58. The van der Waals surface area contributed by atoms with Gasteiger partial charge in [-0.05, 0) is 18.3 Å². The van der Waals surface area contributed by atoms with Gasteiger partial charge in [-0.25, -0.2) is 15.0 Å². The highest BCUT2D eigenvalue weighted by molar-refractivity contribution is 5.84. The van der Waals surface area contributed by atoms with E-state index in [4.69, 9.17) is 5.73 Å². The summed E-state index contributed by atoms with van der Waals surface area (Å²) >= 11 is 0. The second-order valence-electron chi connectivity index (χ2n) is 6.44. The molecular formula is C15H21N5. The molecule has 2 aromatic heterocycles. The summed E-state index contributed by atoms with van der Waals surface area (Å²) in [5.74, 6) is 1.72. The fourth-order valence-corrected chi connectivity index (χ4v) is 3.53. The maximum absolute atomic E-state index is 5.86. The summed E-state index contributed by atoms with van der Waals surface area (Å²) in [5, 5.41) is 0. The molecule has 0 amide bonds. The van der Waals surface area contributed by atoms with Gasteiger partial charge in [0, 0.05) is 11.1 Å². The van der Waals surface area contributed by atoms with Gasteiger partial charge >= 0.3 is 0 Å². The van der Waals surface area contributed by atoms with Crippen LogP contribution in [0.25, 0.3) is 16.9 Å². The molecule has 1 atom stereocenters. The largest absolute Gasteiger partial charge is 0.382 e. The first-order valence-corrected chi connectivity index (χ1v) is 7.07. The SMILES string of the molecule is CC(C)C1CC=C(n2cnc3c(N)ncnc32)C1(C)C. The van der Waals surface area contributed by atoms with Crippen LogP contribution in [0.4, 0.5) is 5.82 Å². The van der Waals surface area contributed by atoms with Gasteiger partial charge in [-0.2, -0.15) is 0 Å². The number of nitrogens with zero attached hydrogens (tertiary/aromatic N) is 4. The molecule has 0 spiro atoms. The van der Waals surface area contributed by atoms with Crippen LogP contribution in [0.15, 0.2) is 18.7 Å². The normalized spacial score (nSPS) is 21.6. The highest BCUT2D eigenvalue weighted by atomic mass is 15.1. The van der Waals surface area contributed by atoms with Crippen molar-refractivity contribution in [1.82, 2.24) is 19.5 Å². The molecule has 2 aromatic rings. The van der Waals surface area contributed by atoms with E-state index in [1.807, 2.05) is 6.33 Å². The summed E-state index contributed by atoms with van der Waals surface area (Å²) < 4.78 is 2.07. The van der Waals surface area contributed by atoms with Crippen LogP contribution in [-0.4, -0.2) is 19.5 Å². The van der Waals surface area contributed by atoms with Crippen molar-refractivity contribution in [1.29, 1.82) is 0 Å². The topological polar surface area (TPSA) is 69.6 Å². The second kappa shape index (κ2) is 4.30. The van der Waals surface area contributed by atoms with Crippen molar-refractivity contribution in [2.45, 2.75) is 34.1 Å². The Morgan fingerprint density at radius 3 is 2.70 bits per heavy atom. The van der Waals surface area contributed by atoms with Crippen LogP contribution in [0.2, 0.25) is 0 Å². The van der Waals surface area contributed by atoms with Crippen LogP contribution in [0.1, 0.15) is 34.1 Å². The molecule has 5 heteroatoms. The molecular weight excluding hydrogens is 250 g/mol. The van der Waals surface area contributed by atoms with Crippen molar-refractivity contribution in [2.75, 3.05) is 5.73 Å². The van der Waals surface area contributed by atoms with Gasteiger partial charge in [-0.15, -0.1) is 0 Å². The van der Waals surface area contributed by atoms with E-state index in [0.29, 0.717) is 23.2 Å². The number of rotatable bonds is 2. The lowest BCUT2D eigenvalue weighted by Gasteiger charge is -2.33. The number of nitrogens with two attached hydrogens (primary N) is 1. The van der Waals surface area contributed by atoms with Gasteiger partial charge in [0.2, 0.25) is 0 Å². The Kier molecular flexibility index (Phi) is 2.81. The van der Waals surface area contributed by atoms with Crippen molar-refractivity contribution in [3.8, 4) is 0 Å². The highest BCUT2D eigenvalue weighted by Gasteiger charge is 2.40. The fraction of sp³-hybridized carbons (Fsp3) is 0.533. The van der Waals surface area contributed by atoms with Crippen LogP contribution in [0.5, 0.6) is 0 Å². The monoisotopic (exact) mass is 271 g/mol. The molecule has 0 saturated heterocycles. The number of imidazole rings is 1. The number of anilines is 1. The van der Waals surface area contributed by atoms with Gasteiger partial charge in [0.1, 0.15) is 12.7 Å². The summed E-state index contributed by atoms with van der Waals surface area (Å²) in [6, 6.07) is 0. The molecule has 2 N–H and O–H groups in total. The van der Waals surface area contributed by atoms with Gasteiger partial charge in [0.15, 0.2) is 17.0 Å². The molecule has 1 unspecified atom stereocenters. The molecule has 106 valence electrons. The van der Waals surface area contributed by atoms with E-state index in [1.165, 1.54) is 12.0 Å². The van der Waals surface area contributed by atoms with Crippen LogP contribution >= 0.6 is 0 Å². The number of aromatic nitrogens is 4. The molecule has 0 bridgehead atoms. The van der Waals surface area contributed by atoms with Gasteiger partial charge in [0.05, 0.1) is 0 Å². The number of allylic oxidation sites excluding steroid dienone is 2. The van der Waals surface area contributed by atoms with E-state index in [-0.39, 0.29) is 5.41 Å². The molecule has 0 aliphatic heterocycles. The summed E-state index contributed by atoms with van der Waals surface area (Å²) in [6.07, 6.45) is 6.72. The lowest BCUT2D eigenvalue weighted by atomic mass is 9.74. The average molecular weight is 271 g/mol. The number of nitrogen functional groups attached to an aromatic ring is 1. The Balaban J connectivity index is 2.11. The Labute approximate surface area is 118 Å². The van der Waals surface area contributed by atoms with Gasteiger partial charge < -0.3 is 5.73 Å². The van der Waals surface area contributed by atoms with Crippen LogP contribution in [0, 0.1) is 17.3 Å². The van der Waals surface area contributed by atoms with Gasteiger partial charge in [-0.3, -0.25) is 4.57 Å². The predicted octanol–water partition coefficient (Wildman–Crippen LogP) is 2.95. The van der Waals surface area contributed by atoms with Gasteiger partial charge in [-0.1, -0.05) is 33.8 Å². The van der Waals surface area contributed by atoms with Crippen molar-refractivity contribution < 1.29 is 0 Å². The minimum absolute atomic E-state index is 0.0987. The molecule has 0 aromatic carbocycles. The zero-order valence-corrected chi connectivity index (χ0v) is 12.5. The Morgan fingerprint density at radius 1 is 1.30 bits per heavy atom. The van der Waals surface area contributed by atoms with Crippen molar-refractivity contribution in [3.05, 3.63) is 18.7 Å². The third-order valence-corrected chi connectivity index (χ3v) is 4.58. The Bertz CT molecular complexity index is 681. The molecule has 3 rings (SSSR count). The zero-order chi connectivity index (χ0) is 14.5. The fourth-order valence-electron chi connectivity index (χ4n) is 3.53. The maximum atomic E-state index is 5.86.